The normalized spacial score (nSPS) is 27.3. The molecule has 1 atom stereocenters. The van der Waals surface area contributed by atoms with Crippen LogP contribution in [-0.2, 0) is 14.4 Å². The number of aliphatic carboxylic acids is 1. The fourth-order valence-electron chi connectivity index (χ4n) is 4.45. The lowest BCUT2D eigenvalue weighted by atomic mass is 9.86. The van der Waals surface area contributed by atoms with Gasteiger partial charge in [-0.1, -0.05) is 19.0 Å². The number of nitrogens with zero attached hydrogens (tertiary/aromatic N) is 3. The van der Waals surface area contributed by atoms with Crippen LogP contribution in [0.25, 0.3) is 0 Å². The summed E-state index contributed by atoms with van der Waals surface area (Å²) in [6.07, 6.45) is 0.629. The van der Waals surface area contributed by atoms with Gasteiger partial charge < -0.3 is 14.8 Å². The lowest BCUT2D eigenvalue weighted by Crippen LogP contribution is -2.63. The smallest absolute Gasteiger partial charge is 0.475 e. The first kappa shape index (κ1) is 24.7. The summed E-state index contributed by atoms with van der Waals surface area (Å²) in [7, 11) is 0. The van der Waals surface area contributed by atoms with Crippen LogP contribution in [0.4, 0.5) is 17.6 Å². The van der Waals surface area contributed by atoms with Crippen molar-refractivity contribution < 1.29 is 37.1 Å². The van der Waals surface area contributed by atoms with Crippen LogP contribution < -0.4 is 0 Å². The summed E-state index contributed by atoms with van der Waals surface area (Å²) in [5, 5.41) is 11.3. The van der Waals surface area contributed by atoms with Crippen LogP contribution in [0.15, 0.2) is 5.16 Å². The van der Waals surface area contributed by atoms with Crippen molar-refractivity contribution in [1.29, 1.82) is 0 Å². The molecule has 1 aliphatic carbocycles. The van der Waals surface area contributed by atoms with Crippen molar-refractivity contribution in [3.8, 4) is 0 Å². The monoisotopic (exact) mass is 465 g/mol. The van der Waals surface area contributed by atoms with Crippen molar-refractivity contribution >= 4 is 17.6 Å². The molecule has 0 aromatic carbocycles. The number of carbonyl (C=O) groups excluding carboxylic acids is 1. The largest absolute Gasteiger partial charge is 0.490 e. The number of rotatable bonds is 5. The van der Waals surface area contributed by atoms with E-state index in [0.717, 1.165) is 45.3 Å². The molecule has 1 saturated carbocycles. The zero-order chi connectivity index (χ0) is 23.7. The SMILES string of the molecule is CC(C)CCN1CCCC2(CC(C(=O)N3CC(F)(C4CC4)C3)=NO2)C1.O=C(O)C(F)(F)F. The minimum atomic E-state index is -5.08. The molecule has 11 heteroatoms. The van der Waals surface area contributed by atoms with Gasteiger partial charge in [-0.05, 0) is 57.0 Å². The molecule has 182 valence electrons. The molecule has 3 aliphatic heterocycles. The highest BCUT2D eigenvalue weighted by Gasteiger charge is 2.56. The van der Waals surface area contributed by atoms with Gasteiger partial charge in [-0.3, -0.25) is 9.69 Å². The molecule has 0 aromatic heterocycles. The zero-order valence-electron chi connectivity index (χ0n) is 18.5. The lowest BCUT2D eigenvalue weighted by Gasteiger charge is -2.44. The maximum absolute atomic E-state index is 14.5. The molecule has 1 amide bonds. The molecule has 1 N–H and O–H groups in total. The van der Waals surface area contributed by atoms with Gasteiger partial charge in [0, 0.05) is 13.0 Å². The van der Waals surface area contributed by atoms with E-state index in [1.54, 1.807) is 4.90 Å². The molecule has 3 heterocycles. The van der Waals surface area contributed by atoms with E-state index in [1.807, 2.05) is 0 Å². The van der Waals surface area contributed by atoms with E-state index < -0.39 is 17.8 Å². The van der Waals surface area contributed by atoms with Crippen molar-refractivity contribution in [3.63, 3.8) is 0 Å². The first-order valence-electron chi connectivity index (χ1n) is 11.1. The number of halogens is 4. The van der Waals surface area contributed by atoms with Gasteiger partial charge in [-0.25, -0.2) is 9.18 Å². The van der Waals surface area contributed by atoms with Crippen molar-refractivity contribution in [2.45, 2.75) is 69.8 Å². The number of hydrogen-bond acceptors (Lipinski definition) is 5. The van der Waals surface area contributed by atoms with Crippen LogP contribution >= 0.6 is 0 Å². The first-order valence-corrected chi connectivity index (χ1v) is 11.1. The highest BCUT2D eigenvalue weighted by Crippen LogP contribution is 2.47. The number of alkyl halides is 4. The number of piperidine rings is 1. The Morgan fingerprint density at radius 2 is 1.88 bits per heavy atom. The molecule has 4 rings (SSSR count). The Morgan fingerprint density at radius 1 is 1.25 bits per heavy atom. The van der Waals surface area contributed by atoms with Crippen molar-refractivity contribution in [2.75, 3.05) is 32.7 Å². The summed E-state index contributed by atoms with van der Waals surface area (Å²) in [5.74, 6) is -2.01. The van der Waals surface area contributed by atoms with Crippen molar-refractivity contribution in [3.05, 3.63) is 0 Å². The number of carbonyl (C=O) groups is 2. The second-order valence-electron chi connectivity index (χ2n) is 9.82. The first-order chi connectivity index (χ1) is 14.8. The highest BCUT2D eigenvalue weighted by atomic mass is 19.4. The average Bonchev–Trinajstić information content (AvgIpc) is 3.46. The van der Waals surface area contributed by atoms with E-state index >= 15 is 0 Å². The van der Waals surface area contributed by atoms with Crippen LogP contribution in [0.3, 0.4) is 0 Å². The van der Waals surface area contributed by atoms with Crippen LogP contribution in [-0.4, -0.2) is 82.7 Å². The van der Waals surface area contributed by atoms with Crippen LogP contribution in [0.2, 0.25) is 0 Å². The molecule has 2 saturated heterocycles. The van der Waals surface area contributed by atoms with E-state index in [9.17, 15) is 22.4 Å². The Hall–Kier alpha value is -1.91. The summed E-state index contributed by atoms with van der Waals surface area (Å²) in [6, 6.07) is 0. The highest BCUT2D eigenvalue weighted by molar-refractivity contribution is 6.39. The quantitative estimate of drug-likeness (QED) is 0.631. The Balaban J connectivity index is 0.000000360. The van der Waals surface area contributed by atoms with Crippen molar-refractivity contribution in [2.24, 2.45) is 17.0 Å². The van der Waals surface area contributed by atoms with Gasteiger partial charge in [0.05, 0.1) is 13.1 Å². The second-order valence-corrected chi connectivity index (χ2v) is 9.82. The van der Waals surface area contributed by atoms with E-state index in [0.29, 0.717) is 18.1 Å². The molecular weight excluding hydrogens is 434 g/mol. The Bertz CT molecular complexity index is 748. The van der Waals surface area contributed by atoms with Gasteiger partial charge in [0.2, 0.25) is 0 Å². The van der Waals surface area contributed by atoms with Gasteiger partial charge in [0.25, 0.3) is 5.91 Å². The molecule has 3 fully saturated rings. The molecular formula is C21H31F4N3O4. The van der Waals surface area contributed by atoms with Gasteiger partial charge >= 0.3 is 12.1 Å². The topological polar surface area (TPSA) is 82.4 Å². The van der Waals surface area contributed by atoms with Gasteiger partial charge in [0.15, 0.2) is 5.60 Å². The number of amides is 1. The van der Waals surface area contributed by atoms with Crippen LogP contribution in [0, 0.1) is 11.8 Å². The minimum Gasteiger partial charge on any atom is -0.475 e. The van der Waals surface area contributed by atoms with Gasteiger partial charge in [-0.15, -0.1) is 0 Å². The number of carboxylic acids is 1. The van der Waals surface area contributed by atoms with Gasteiger partial charge in [-0.2, -0.15) is 13.2 Å². The number of oxime groups is 1. The minimum absolute atomic E-state index is 0.120. The maximum Gasteiger partial charge on any atom is 0.490 e. The Morgan fingerprint density at radius 3 is 2.41 bits per heavy atom. The van der Waals surface area contributed by atoms with Crippen LogP contribution in [0.1, 0.15) is 52.4 Å². The summed E-state index contributed by atoms with van der Waals surface area (Å²) in [4.78, 5) is 31.3. The number of likely N-dealkylation sites (tertiary alicyclic amines) is 2. The Labute approximate surface area is 184 Å². The molecule has 4 aliphatic rings. The molecule has 1 unspecified atom stereocenters. The molecule has 7 nitrogen and oxygen atoms in total. The zero-order valence-corrected chi connectivity index (χ0v) is 18.5. The molecule has 0 aromatic rings. The van der Waals surface area contributed by atoms with Crippen molar-refractivity contribution in [1.82, 2.24) is 9.80 Å². The maximum atomic E-state index is 14.5. The standard InChI is InChI=1S/C19H30FN3O2.C2HF3O2/c1-14(2)6-9-22-8-3-7-18(11-22)10-16(21-25-18)17(24)23-12-19(20,13-23)15-4-5-15;3-2(4,5)1(6)7/h14-15H,3-13H2,1-2H3;(H,6,7). The molecule has 1 spiro atoms. The van der Waals surface area contributed by atoms with E-state index in [4.69, 9.17) is 14.7 Å². The van der Waals surface area contributed by atoms with E-state index in [1.165, 1.54) is 6.42 Å². The predicted octanol–water partition coefficient (Wildman–Crippen LogP) is 3.24. The molecule has 0 bridgehead atoms. The summed E-state index contributed by atoms with van der Waals surface area (Å²) in [6.45, 7) is 7.97. The molecule has 32 heavy (non-hydrogen) atoms. The third-order valence-corrected chi connectivity index (χ3v) is 6.47. The number of hydrogen-bond donors (Lipinski definition) is 1. The van der Waals surface area contributed by atoms with E-state index in [2.05, 4.69) is 23.9 Å². The number of carboxylic acid groups (broad SMARTS) is 1. The summed E-state index contributed by atoms with van der Waals surface area (Å²) >= 11 is 0. The lowest BCUT2D eigenvalue weighted by molar-refractivity contribution is -0.192. The summed E-state index contributed by atoms with van der Waals surface area (Å²) in [5.41, 5.74) is -0.983. The Kier molecular flexibility index (Phi) is 7.07. The average molecular weight is 465 g/mol. The van der Waals surface area contributed by atoms with Crippen LogP contribution in [0.5, 0.6) is 0 Å². The fraction of sp³-hybridized carbons (Fsp3) is 0.857. The van der Waals surface area contributed by atoms with Gasteiger partial charge in [0.1, 0.15) is 11.4 Å². The third-order valence-electron chi connectivity index (χ3n) is 6.47. The summed E-state index contributed by atoms with van der Waals surface area (Å²) < 4.78 is 46.2. The van der Waals surface area contributed by atoms with E-state index in [-0.39, 0.29) is 30.5 Å². The molecule has 0 radical (unpaired) electrons. The third kappa shape index (κ3) is 5.90. The second kappa shape index (κ2) is 9.15. The fourth-order valence-corrected chi connectivity index (χ4v) is 4.45. The predicted molar refractivity (Wildman–Crippen MR) is 108 cm³/mol.